The van der Waals surface area contributed by atoms with Gasteiger partial charge in [-0.3, -0.25) is 0 Å². The summed E-state index contributed by atoms with van der Waals surface area (Å²) < 4.78 is 13.2. The van der Waals surface area contributed by atoms with Gasteiger partial charge in [0.1, 0.15) is 19.0 Å². The number of aromatic nitrogens is 2. The highest BCUT2D eigenvalue weighted by molar-refractivity contribution is 5.81. The molecule has 7 heteroatoms. The van der Waals surface area contributed by atoms with E-state index >= 15 is 0 Å². The van der Waals surface area contributed by atoms with E-state index in [1.165, 1.54) is 0 Å². The molecule has 130 valence electrons. The third-order valence-electron chi connectivity index (χ3n) is 4.18. The Hall–Kier alpha value is -2.28. The van der Waals surface area contributed by atoms with Gasteiger partial charge in [0, 0.05) is 37.5 Å². The number of aryl methyl sites for hydroxylation is 2. The molecule has 1 aromatic carbocycles. The topological polar surface area (TPSA) is 104 Å². The number of benzene rings is 1. The van der Waals surface area contributed by atoms with Crippen LogP contribution in [0.4, 0.5) is 0 Å². The number of imidazole rings is 1. The number of carbonyl (C=O) groups excluding carboxylic acids is 1. The lowest BCUT2D eigenvalue weighted by Gasteiger charge is -2.18. The lowest BCUT2D eigenvalue weighted by atomic mass is 10.2. The molecular weight excluding hydrogens is 310 g/mol. The lowest BCUT2D eigenvalue weighted by molar-refractivity contribution is -0.368. The molecule has 2 aromatic rings. The largest absolute Gasteiger partial charge is 0.550 e. The Morgan fingerprint density at radius 2 is 1.96 bits per heavy atom. The maximum Gasteiger partial charge on any atom is 0.163 e. The number of hydrogen-bond donors (Lipinski definition) is 1. The zero-order chi connectivity index (χ0) is 16.9. The second-order valence-corrected chi connectivity index (χ2v) is 5.95. The maximum absolute atomic E-state index is 10.9. The number of quaternary nitrogens is 1. The first-order valence-electron chi connectivity index (χ1n) is 8.47. The van der Waals surface area contributed by atoms with Crippen LogP contribution >= 0.6 is 0 Å². The number of carboxylic acid groups (broad SMARTS) is 1. The predicted molar refractivity (Wildman–Crippen MR) is 85.7 cm³/mol. The van der Waals surface area contributed by atoms with Gasteiger partial charge in [0.15, 0.2) is 11.5 Å². The SMILES string of the molecule is [NH3+]CCCCCc1nc2cc3c(cc2n1CCC(=O)[O-])OCCO3. The van der Waals surface area contributed by atoms with Gasteiger partial charge < -0.3 is 29.7 Å². The standard InChI is InChI=1S/C17H23N3O4/c18-6-3-1-2-4-16-19-12-10-14-15(24-9-8-23-14)11-13(12)20(16)7-5-17(21)22/h10-11H,1-9,18H2,(H,21,22). The molecule has 3 N–H and O–H groups in total. The van der Waals surface area contributed by atoms with E-state index in [-0.39, 0.29) is 6.42 Å². The van der Waals surface area contributed by atoms with Crippen LogP contribution in [0, 0.1) is 0 Å². The molecule has 1 aromatic heterocycles. The number of carbonyl (C=O) groups is 1. The normalized spacial score (nSPS) is 13.4. The van der Waals surface area contributed by atoms with Gasteiger partial charge in [0.05, 0.1) is 17.6 Å². The molecule has 3 rings (SSSR count). The van der Waals surface area contributed by atoms with Crippen LogP contribution in [-0.2, 0) is 17.8 Å². The van der Waals surface area contributed by atoms with Crippen LogP contribution < -0.4 is 20.3 Å². The quantitative estimate of drug-likeness (QED) is 0.680. The molecule has 0 spiro atoms. The third-order valence-corrected chi connectivity index (χ3v) is 4.18. The van der Waals surface area contributed by atoms with Crippen molar-refractivity contribution in [2.24, 2.45) is 0 Å². The Labute approximate surface area is 140 Å². The van der Waals surface area contributed by atoms with Gasteiger partial charge in [-0.05, 0) is 19.3 Å². The van der Waals surface area contributed by atoms with Gasteiger partial charge in [0.25, 0.3) is 0 Å². The highest BCUT2D eigenvalue weighted by Crippen LogP contribution is 2.35. The Balaban J connectivity index is 1.91. The van der Waals surface area contributed by atoms with Gasteiger partial charge in [-0.25, -0.2) is 4.98 Å². The zero-order valence-electron chi connectivity index (χ0n) is 13.8. The number of nitrogens with zero attached hydrogens (tertiary/aromatic N) is 2. The number of unbranched alkanes of at least 4 members (excludes halogenated alkanes) is 2. The molecule has 0 amide bonds. The predicted octanol–water partition coefficient (Wildman–Crippen LogP) is -0.0978. The van der Waals surface area contributed by atoms with E-state index in [1.54, 1.807) is 0 Å². The van der Waals surface area contributed by atoms with Gasteiger partial charge in [-0.2, -0.15) is 0 Å². The van der Waals surface area contributed by atoms with E-state index in [0.29, 0.717) is 31.3 Å². The molecule has 0 fully saturated rings. The fourth-order valence-electron chi connectivity index (χ4n) is 2.99. The summed E-state index contributed by atoms with van der Waals surface area (Å²) in [6, 6.07) is 3.77. The van der Waals surface area contributed by atoms with Crippen molar-refractivity contribution in [1.82, 2.24) is 9.55 Å². The van der Waals surface area contributed by atoms with Crippen LogP contribution in [0.1, 0.15) is 31.5 Å². The Morgan fingerprint density at radius 3 is 2.67 bits per heavy atom. The van der Waals surface area contributed by atoms with Gasteiger partial charge in [-0.15, -0.1) is 0 Å². The van der Waals surface area contributed by atoms with Gasteiger partial charge >= 0.3 is 0 Å². The summed E-state index contributed by atoms with van der Waals surface area (Å²) in [4.78, 5) is 15.6. The number of rotatable bonds is 8. The first kappa shape index (κ1) is 16.6. The first-order chi connectivity index (χ1) is 11.7. The van der Waals surface area contributed by atoms with Crippen molar-refractivity contribution in [3.8, 4) is 11.5 Å². The molecule has 0 saturated carbocycles. The molecule has 0 radical (unpaired) electrons. The van der Waals surface area contributed by atoms with Crippen LogP contribution in [0.25, 0.3) is 11.0 Å². The van der Waals surface area contributed by atoms with Crippen LogP contribution in [0.5, 0.6) is 11.5 Å². The minimum atomic E-state index is -1.06. The summed E-state index contributed by atoms with van der Waals surface area (Å²) >= 11 is 0. The first-order valence-corrected chi connectivity index (χ1v) is 8.47. The van der Waals surface area contributed by atoms with Crippen LogP contribution in [0.15, 0.2) is 12.1 Å². The molecule has 1 aliphatic rings. The Kier molecular flexibility index (Phi) is 5.20. The molecule has 7 nitrogen and oxygen atoms in total. The van der Waals surface area contributed by atoms with Crippen LogP contribution in [0.2, 0.25) is 0 Å². The molecule has 0 atom stereocenters. The highest BCUT2D eigenvalue weighted by atomic mass is 16.6. The smallest absolute Gasteiger partial charge is 0.163 e. The van der Waals surface area contributed by atoms with Crippen molar-refractivity contribution in [2.45, 2.75) is 38.6 Å². The summed E-state index contributed by atoms with van der Waals surface area (Å²) in [5.74, 6) is 1.23. The summed E-state index contributed by atoms with van der Waals surface area (Å²) in [6.07, 6.45) is 3.97. The zero-order valence-corrected chi connectivity index (χ0v) is 13.8. The van der Waals surface area contributed by atoms with E-state index < -0.39 is 5.97 Å². The Morgan fingerprint density at radius 1 is 1.21 bits per heavy atom. The van der Waals surface area contributed by atoms with Crippen molar-refractivity contribution < 1.29 is 25.1 Å². The number of ether oxygens (including phenoxy) is 2. The van der Waals surface area contributed by atoms with Crippen molar-refractivity contribution in [1.29, 1.82) is 0 Å². The minimum absolute atomic E-state index is 0.0359. The second-order valence-electron chi connectivity index (χ2n) is 5.95. The highest BCUT2D eigenvalue weighted by Gasteiger charge is 2.18. The van der Waals surface area contributed by atoms with E-state index in [2.05, 4.69) is 5.73 Å². The van der Waals surface area contributed by atoms with E-state index in [0.717, 1.165) is 49.1 Å². The fraction of sp³-hybridized carbons (Fsp3) is 0.529. The maximum atomic E-state index is 10.9. The van der Waals surface area contributed by atoms with Crippen molar-refractivity contribution in [2.75, 3.05) is 19.8 Å². The van der Waals surface area contributed by atoms with Gasteiger partial charge in [0.2, 0.25) is 0 Å². The lowest BCUT2D eigenvalue weighted by Crippen LogP contribution is -2.50. The average Bonchev–Trinajstić information content (AvgIpc) is 2.91. The molecule has 1 aliphatic heterocycles. The fourth-order valence-corrected chi connectivity index (χ4v) is 2.99. The third kappa shape index (κ3) is 3.62. The van der Waals surface area contributed by atoms with E-state index in [1.807, 2.05) is 16.7 Å². The summed E-state index contributed by atoms with van der Waals surface area (Å²) in [5.41, 5.74) is 5.55. The molecule has 24 heavy (non-hydrogen) atoms. The summed E-state index contributed by atoms with van der Waals surface area (Å²) in [5, 5.41) is 10.9. The summed E-state index contributed by atoms with van der Waals surface area (Å²) in [7, 11) is 0. The molecular formula is C17H23N3O4. The number of aliphatic carboxylic acids is 1. The molecule has 2 heterocycles. The molecule has 0 saturated heterocycles. The molecule has 0 aliphatic carbocycles. The number of carboxylic acids is 1. The van der Waals surface area contributed by atoms with Crippen molar-refractivity contribution in [3.63, 3.8) is 0 Å². The van der Waals surface area contributed by atoms with E-state index in [9.17, 15) is 9.90 Å². The van der Waals surface area contributed by atoms with Gasteiger partial charge in [-0.1, -0.05) is 0 Å². The van der Waals surface area contributed by atoms with Crippen molar-refractivity contribution in [3.05, 3.63) is 18.0 Å². The number of hydrogen-bond acceptors (Lipinski definition) is 5. The molecule has 0 bridgehead atoms. The van der Waals surface area contributed by atoms with Crippen LogP contribution in [0.3, 0.4) is 0 Å². The monoisotopic (exact) mass is 333 g/mol. The Bertz CT molecular complexity index is 726. The second kappa shape index (κ2) is 7.53. The average molecular weight is 333 g/mol. The van der Waals surface area contributed by atoms with Crippen molar-refractivity contribution >= 4 is 17.0 Å². The number of fused-ring (bicyclic) bond motifs is 2. The van der Waals surface area contributed by atoms with E-state index in [4.69, 9.17) is 14.5 Å². The summed E-state index contributed by atoms with van der Waals surface area (Å²) in [6.45, 7) is 2.33. The minimum Gasteiger partial charge on any atom is -0.550 e. The van der Waals surface area contributed by atoms with Crippen LogP contribution in [-0.4, -0.2) is 35.3 Å². The molecule has 0 unspecified atom stereocenters.